The Morgan fingerprint density at radius 1 is 0.909 bits per heavy atom. The lowest BCUT2D eigenvalue weighted by atomic mass is 10.0. The predicted molar refractivity (Wildman–Crippen MR) is 116 cm³/mol. The van der Waals surface area contributed by atoms with Crippen molar-refractivity contribution in [3.05, 3.63) is 36.4 Å². The number of carbonyl (C=O) groups is 4. The van der Waals surface area contributed by atoms with Gasteiger partial charge in [-0.1, -0.05) is 13.8 Å². The standard InChI is InChI=1S/C20H30N8O5/c1-10(2)16(19(31)26-11(3)20(32)33)28-18(30)15(5-13-7-23-9-25-13)27-17(29)14(21)4-12-6-22-8-24-12/h6-11,14-16H,4-5,21H2,1-3H3,(H,22,24)(H,23,25)(H,26,31)(H,27,29)(H,28,30)(H,32,33). The molecule has 8 N–H and O–H groups in total. The number of hydrogen-bond donors (Lipinski definition) is 7. The van der Waals surface area contributed by atoms with E-state index in [1.807, 2.05) is 0 Å². The number of nitrogens with two attached hydrogens (primary N) is 1. The number of carboxylic acid groups (broad SMARTS) is 1. The van der Waals surface area contributed by atoms with E-state index in [9.17, 15) is 19.2 Å². The largest absolute Gasteiger partial charge is 0.480 e. The van der Waals surface area contributed by atoms with Crippen molar-refractivity contribution in [2.45, 2.75) is 57.8 Å². The van der Waals surface area contributed by atoms with E-state index in [0.29, 0.717) is 11.4 Å². The summed E-state index contributed by atoms with van der Waals surface area (Å²) < 4.78 is 0. The molecule has 0 radical (unpaired) electrons. The first kappa shape index (κ1) is 25.5. The molecular formula is C20H30N8O5. The maximum Gasteiger partial charge on any atom is 0.325 e. The predicted octanol–water partition coefficient (Wildman–Crippen LogP) is -1.54. The molecule has 0 saturated carbocycles. The number of rotatable bonds is 12. The number of carboxylic acids is 1. The Kier molecular flexibility index (Phi) is 9.09. The normalized spacial score (nSPS) is 14.7. The second-order valence-corrected chi connectivity index (χ2v) is 8.03. The molecule has 0 fully saturated rings. The quantitative estimate of drug-likeness (QED) is 0.196. The number of amides is 3. The first-order valence-corrected chi connectivity index (χ1v) is 10.4. The summed E-state index contributed by atoms with van der Waals surface area (Å²) in [5.74, 6) is -3.37. The summed E-state index contributed by atoms with van der Waals surface area (Å²) in [6.45, 7) is 4.74. The molecule has 13 nitrogen and oxygen atoms in total. The van der Waals surface area contributed by atoms with Crippen LogP contribution in [0.25, 0.3) is 0 Å². The Bertz CT molecular complexity index is 928. The third kappa shape index (κ3) is 7.71. The third-order valence-electron chi connectivity index (χ3n) is 4.92. The van der Waals surface area contributed by atoms with E-state index in [1.165, 1.54) is 25.8 Å². The van der Waals surface area contributed by atoms with Crippen LogP contribution in [0.5, 0.6) is 0 Å². The van der Waals surface area contributed by atoms with Gasteiger partial charge in [0.1, 0.15) is 18.1 Å². The molecule has 3 amide bonds. The van der Waals surface area contributed by atoms with Crippen molar-refractivity contribution < 1.29 is 24.3 Å². The van der Waals surface area contributed by atoms with Gasteiger partial charge in [-0.25, -0.2) is 9.97 Å². The minimum absolute atomic E-state index is 0.0757. The molecule has 180 valence electrons. The fourth-order valence-electron chi connectivity index (χ4n) is 2.98. The van der Waals surface area contributed by atoms with Crippen molar-refractivity contribution in [2.24, 2.45) is 11.7 Å². The monoisotopic (exact) mass is 462 g/mol. The van der Waals surface area contributed by atoms with Crippen LogP contribution in [0.4, 0.5) is 0 Å². The Morgan fingerprint density at radius 3 is 1.97 bits per heavy atom. The van der Waals surface area contributed by atoms with Gasteiger partial charge in [-0.2, -0.15) is 0 Å². The fraction of sp³-hybridized carbons (Fsp3) is 0.500. The zero-order valence-corrected chi connectivity index (χ0v) is 18.7. The molecule has 0 aromatic carbocycles. The molecular weight excluding hydrogens is 432 g/mol. The van der Waals surface area contributed by atoms with Gasteiger partial charge in [-0.15, -0.1) is 0 Å². The maximum absolute atomic E-state index is 13.1. The van der Waals surface area contributed by atoms with Crippen molar-refractivity contribution in [3.63, 3.8) is 0 Å². The molecule has 13 heteroatoms. The van der Waals surface area contributed by atoms with Crippen LogP contribution >= 0.6 is 0 Å². The van der Waals surface area contributed by atoms with Crippen molar-refractivity contribution in [3.8, 4) is 0 Å². The van der Waals surface area contributed by atoms with Crippen LogP contribution in [0, 0.1) is 5.92 Å². The van der Waals surface area contributed by atoms with Gasteiger partial charge in [0.15, 0.2) is 0 Å². The van der Waals surface area contributed by atoms with E-state index in [-0.39, 0.29) is 18.8 Å². The number of H-pyrrole nitrogens is 2. The van der Waals surface area contributed by atoms with Gasteiger partial charge >= 0.3 is 5.97 Å². The van der Waals surface area contributed by atoms with Crippen molar-refractivity contribution >= 4 is 23.7 Å². The molecule has 0 aliphatic heterocycles. The lowest BCUT2D eigenvalue weighted by Gasteiger charge is -2.26. The van der Waals surface area contributed by atoms with Crippen molar-refractivity contribution in [1.29, 1.82) is 0 Å². The van der Waals surface area contributed by atoms with Gasteiger partial charge in [-0.3, -0.25) is 19.2 Å². The first-order chi connectivity index (χ1) is 15.6. The second-order valence-electron chi connectivity index (χ2n) is 8.03. The second kappa shape index (κ2) is 11.8. The van der Waals surface area contributed by atoms with Gasteiger partial charge in [0.05, 0.1) is 18.7 Å². The van der Waals surface area contributed by atoms with Gasteiger partial charge in [0, 0.05) is 36.6 Å². The third-order valence-corrected chi connectivity index (χ3v) is 4.92. The summed E-state index contributed by atoms with van der Waals surface area (Å²) in [6.07, 6.45) is 6.23. The average Bonchev–Trinajstić information content (AvgIpc) is 3.44. The highest BCUT2D eigenvalue weighted by atomic mass is 16.4. The topological polar surface area (TPSA) is 208 Å². The average molecular weight is 463 g/mol. The molecule has 2 rings (SSSR count). The SMILES string of the molecule is CC(NC(=O)C(NC(=O)C(Cc1cnc[nH]1)NC(=O)C(N)Cc1cnc[nH]1)C(C)C)C(=O)O. The van der Waals surface area contributed by atoms with E-state index in [2.05, 4.69) is 35.9 Å². The Balaban J connectivity index is 2.12. The molecule has 0 saturated heterocycles. The molecule has 0 aliphatic rings. The van der Waals surface area contributed by atoms with Crippen LogP contribution in [-0.4, -0.2) is 72.9 Å². The molecule has 33 heavy (non-hydrogen) atoms. The fourth-order valence-corrected chi connectivity index (χ4v) is 2.98. The lowest BCUT2D eigenvalue weighted by Crippen LogP contribution is -2.58. The molecule has 2 aromatic heterocycles. The minimum Gasteiger partial charge on any atom is -0.480 e. The van der Waals surface area contributed by atoms with Crippen LogP contribution in [0.2, 0.25) is 0 Å². The smallest absolute Gasteiger partial charge is 0.325 e. The summed E-state index contributed by atoms with van der Waals surface area (Å²) in [5.41, 5.74) is 7.23. The zero-order chi connectivity index (χ0) is 24.5. The maximum atomic E-state index is 13.1. The number of hydrogen-bond acceptors (Lipinski definition) is 7. The molecule has 4 atom stereocenters. The van der Waals surface area contributed by atoms with Gasteiger partial charge in [-0.05, 0) is 12.8 Å². The van der Waals surface area contributed by atoms with Crippen LogP contribution in [-0.2, 0) is 32.0 Å². The number of carbonyl (C=O) groups excluding carboxylic acids is 3. The number of aliphatic carboxylic acids is 1. The number of aromatic nitrogens is 4. The van der Waals surface area contributed by atoms with Crippen LogP contribution < -0.4 is 21.7 Å². The summed E-state index contributed by atoms with van der Waals surface area (Å²) in [7, 11) is 0. The number of imidazole rings is 2. The zero-order valence-electron chi connectivity index (χ0n) is 18.7. The lowest BCUT2D eigenvalue weighted by molar-refractivity contribution is -0.142. The number of nitrogens with zero attached hydrogens (tertiary/aromatic N) is 2. The molecule has 2 aromatic rings. The minimum atomic E-state index is -1.20. The highest BCUT2D eigenvalue weighted by Crippen LogP contribution is 2.06. The molecule has 0 bridgehead atoms. The Morgan fingerprint density at radius 2 is 1.48 bits per heavy atom. The molecule has 2 heterocycles. The number of aromatic amines is 2. The van der Waals surface area contributed by atoms with E-state index in [0.717, 1.165) is 0 Å². The summed E-state index contributed by atoms with van der Waals surface area (Å²) in [5, 5.41) is 16.6. The van der Waals surface area contributed by atoms with E-state index in [4.69, 9.17) is 10.8 Å². The molecule has 0 aliphatic carbocycles. The van der Waals surface area contributed by atoms with Gasteiger partial charge < -0.3 is 36.8 Å². The Hall–Kier alpha value is -3.74. The van der Waals surface area contributed by atoms with Gasteiger partial charge in [0.2, 0.25) is 17.7 Å². The van der Waals surface area contributed by atoms with Gasteiger partial charge in [0.25, 0.3) is 0 Å². The van der Waals surface area contributed by atoms with Crippen LogP contribution in [0.3, 0.4) is 0 Å². The van der Waals surface area contributed by atoms with Crippen LogP contribution in [0.1, 0.15) is 32.2 Å². The Labute approximate surface area is 190 Å². The highest BCUT2D eigenvalue weighted by Gasteiger charge is 2.31. The molecule has 4 unspecified atom stereocenters. The summed E-state index contributed by atoms with van der Waals surface area (Å²) in [6, 6.07) is -4.14. The van der Waals surface area contributed by atoms with E-state index in [1.54, 1.807) is 20.0 Å². The first-order valence-electron chi connectivity index (χ1n) is 10.4. The van der Waals surface area contributed by atoms with Crippen molar-refractivity contribution in [1.82, 2.24) is 35.9 Å². The highest BCUT2D eigenvalue weighted by molar-refractivity contribution is 5.94. The summed E-state index contributed by atoms with van der Waals surface area (Å²) >= 11 is 0. The molecule has 0 spiro atoms. The van der Waals surface area contributed by atoms with E-state index < -0.39 is 47.9 Å². The van der Waals surface area contributed by atoms with Crippen LogP contribution in [0.15, 0.2) is 25.0 Å². The number of nitrogens with one attached hydrogen (secondary N) is 5. The van der Waals surface area contributed by atoms with Crippen molar-refractivity contribution in [2.75, 3.05) is 0 Å². The van der Waals surface area contributed by atoms with E-state index >= 15 is 0 Å². The summed E-state index contributed by atoms with van der Waals surface area (Å²) in [4.78, 5) is 62.9.